The van der Waals surface area contributed by atoms with Gasteiger partial charge in [-0.3, -0.25) is 4.79 Å². The highest BCUT2D eigenvalue weighted by atomic mass is 35.5. The van der Waals surface area contributed by atoms with E-state index < -0.39 is 5.91 Å². The molecule has 1 aromatic carbocycles. The lowest BCUT2D eigenvalue weighted by Gasteiger charge is -2.00. The zero-order chi connectivity index (χ0) is 12.1. The second-order valence-electron chi connectivity index (χ2n) is 2.91. The van der Waals surface area contributed by atoms with Crippen LogP contribution < -0.4 is 5.32 Å². The normalized spacial score (nSPS) is 10.8. The van der Waals surface area contributed by atoms with Crippen LogP contribution in [0.2, 0.25) is 10.0 Å². The van der Waals surface area contributed by atoms with E-state index in [4.69, 9.17) is 28.5 Å². The molecule has 1 amide bonds. The second kappa shape index (κ2) is 5.55. The number of halogens is 2. The maximum Gasteiger partial charge on any atom is 0.261 e. The van der Waals surface area contributed by atoms with Gasteiger partial charge in [-0.15, -0.1) is 0 Å². The molecule has 0 saturated carbocycles. The Hall–Kier alpha value is -1.50. The molecular formula is C11H8Cl2N2O. The molecule has 5 heteroatoms. The van der Waals surface area contributed by atoms with Crippen LogP contribution in [0.1, 0.15) is 5.56 Å². The molecule has 16 heavy (non-hydrogen) atoms. The topological polar surface area (TPSA) is 52.9 Å². The third-order valence-electron chi connectivity index (χ3n) is 1.85. The first-order chi connectivity index (χ1) is 7.58. The van der Waals surface area contributed by atoms with E-state index in [0.29, 0.717) is 15.6 Å². The molecule has 0 bridgehead atoms. The molecule has 0 fully saturated rings. The van der Waals surface area contributed by atoms with Crippen molar-refractivity contribution in [2.75, 3.05) is 7.05 Å². The quantitative estimate of drug-likeness (QED) is 0.652. The summed E-state index contributed by atoms with van der Waals surface area (Å²) in [6.07, 6.45) is 1.41. The number of likely N-dealkylation sites (N-methyl/N-ethyl adjacent to an activating group) is 1. The van der Waals surface area contributed by atoms with E-state index in [-0.39, 0.29) is 5.57 Å². The number of amides is 1. The predicted octanol–water partition coefficient (Wildman–Crippen LogP) is 2.65. The highest BCUT2D eigenvalue weighted by Gasteiger charge is 2.07. The van der Waals surface area contributed by atoms with Crippen molar-refractivity contribution in [2.45, 2.75) is 0 Å². The van der Waals surface area contributed by atoms with E-state index in [0.717, 1.165) is 0 Å². The first kappa shape index (κ1) is 12.6. The summed E-state index contributed by atoms with van der Waals surface area (Å²) in [4.78, 5) is 11.3. The number of carbonyl (C=O) groups is 1. The Kier molecular flexibility index (Phi) is 4.36. The third kappa shape index (κ3) is 2.99. The van der Waals surface area contributed by atoms with Gasteiger partial charge < -0.3 is 5.32 Å². The van der Waals surface area contributed by atoms with E-state index in [9.17, 15) is 4.79 Å². The van der Waals surface area contributed by atoms with Gasteiger partial charge in [0.2, 0.25) is 0 Å². The summed E-state index contributed by atoms with van der Waals surface area (Å²) < 4.78 is 0. The number of nitriles is 1. The van der Waals surface area contributed by atoms with Crippen molar-refractivity contribution < 1.29 is 4.79 Å². The van der Waals surface area contributed by atoms with Gasteiger partial charge in [0.25, 0.3) is 5.91 Å². The number of rotatable bonds is 2. The lowest BCUT2D eigenvalue weighted by atomic mass is 10.1. The minimum atomic E-state index is -0.450. The monoisotopic (exact) mass is 254 g/mol. The maximum atomic E-state index is 11.3. The Labute approximate surface area is 103 Å². The van der Waals surface area contributed by atoms with Crippen molar-refractivity contribution in [2.24, 2.45) is 0 Å². The van der Waals surface area contributed by atoms with Crippen molar-refractivity contribution in [1.82, 2.24) is 5.32 Å². The standard InChI is InChI=1S/C11H8Cl2N2O/c1-15-11(16)8(6-14)4-7-2-3-9(12)5-10(7)13/h2-5H,1H3,(H,15,16)/b8-4+. The summed E-state index contributed by atoms with van der Waals surface area (Å²) in [7, 11) is 1.46. The van der Waals surface area contributed by atoms with Crippen LogP contribution in [0.15, 0.2) is 23.8 Å². The van der Waals surface area contributed by atoms with E-state index in [1.807, 2.05) is 0 Å². The fourth-order valence-corrected chi connectivity index (χ4v) is 1.52. The van der Waals surface area contributed by atoms with Gasteiger partial charge >= 0.3 is 0 Å². The van der Waals surface area contributed by atoms with E-state index in [1.54, 1.807) is 24.3 Å². The van der Waals surface area contributed by atoms with Crippen LogP contribution in [0.3, 0.4) is 0 Å². The molecule has 0 aliphatic carbocycles. The Morgan fingerprint density at radius 1 is 1.50 bits per heavy atom. The van der Waals surface area contributed by atoms with Gasteiger partial charge in [0.05, 0.1) is 0 Å². The largest absolute Gasteiger partial charge is 0.354 e. The third-order valence-corrected chi connectivity index (χ3v) is 2.42. The van der Waals surface area contributed by atoms with Crippen LogP contribution in [0.25, 0.3) is 6.08 Å². The molecule has 0 radical (unpaired) electrons. The number of hydrogen-bond acceptors (Lipinski definition) is 2. The van der Waals surface area contributed by atoms with Crippen LogP contribution in [0, 0.1) is 11.3 Å². The van der Waals surface area contributed by atoms with Crippen molar-refractivity contribution in [3.05, 3.63) is 39.4 Å². The molecule has 1 rings (SSSR count). The van der Waals surface area contributed by atoms with E-state index in [2.05, 4.69) is 5.32 Å². The molecular weight excluding hydrogens is 247 g/mol. The molecule has 0 aliphatic rings. The van der Waals surface area contributed by atoms with Gasteiger partial charge in [-0.2, -0.15) is 5.26 Å². The molecule has 0 atom stereocenters. The van der Waals surface area contributed by atoms with Crippen molar-refractivity contribution in [1.29, 1.82) is 5.26 Å². The maximum absolute atomic E-state index is 11.3. The van der Waals surface area contributed by atoms with Gasteiger partial charge in [-0.25, -0.2) is 0 Å². The molecule has 0 aromatic heterocycles. The SMILES string of the molecule is CNC(=O)/C(C#N)=C/c1ccc(Cl)cc1Cl. The van der Waals surface area contributed by atoms with Crippen molar-refractivity contribution >= 4 is 35.2 Å². The Balaban J connectivity index is 3.15. The van der Waals surface area contributed by atoms with Gasteiger partial charge in [0, 0.05) is 17.1 Å². The molecule has 82 valence electrons. The van der Waals surface area contributed by atoms with Gasteiger partial charge in [0.1, 0.15) is 11.6 Å². The van der Waals surface area contributed by atoms with Crippen LogP contribution in [-0.4, -0.2) is 13.0 Å². The molecule has 0 aliphatic heterocycles. The number of benzene rings is 1. The second-order valence-corrected chi connectivity index (χ2v) is 3.76. The summed E-state index contributed by atoms with van der Waals surface area (Å²) in [5.41, 5.74) is 0.568. The molecule has 0 spiro atoms. The zero-order valence-corrected chi connectivity index (χ0v) is 9.93. The minimum absolute atomic E-state index is 0.00766. The first-order valence-corrected chi connectivity index (χ1v) is 5.13. The van der Waals surface area contributed by atoms with Crippen LogP contribution >= 0.6 is 23.2 Å². The zero-order valence-electron chi connectivity index (χ0n) is 8.42. The average Bonchev–Trinajstić information content (AvgIpc) is 2.27. The molecule has 3 nitrogen and oxygen atoms in total. The molecule has 0 saturated heterocycles. The van der Waals surface area contributed by atoms with Gasteiger partial charge in [0.15, 0.2) is 0 Å². The number of nitrogens with zero attached hydrogens (tertiary/aromatic N) is 1. The highest BCUT2D eigenvalue weighted by Crippen LogP contribution is 2.22. The first-order valence-electron chi connectivity index (χ1n) is 4.37. The van der Waals surface area contributed by atoms with E-state index >= 15 is 0 Å². The fourth-order valence-electron chi connectivity index (χ4n) is 1.06. The summed E-state index contributed by atoms with van der Waals surface area (Å²) in [5.74, 6) is -0.450. The molecule has 0 unspecified atom stereocenters. The van der Waals surface area contributed by atoms with E-state index in [1.165, 1.54) is 13.1 Å². The summed E-state index contributed by atoms with van der Waals surface area (Å²) in [5, 5.41) is 12.0. The summed E-state index contributed by atoms with van der Waals surface area (Å²) >= 11 is 11.6. The molecule has 1 aromatic rings. The molecule has 1 N–H and O–H groups in total. The highest BCUT2D eigenvalue weighted by molar-refractivity contribution is 6.35. The smallest absolute Gasteiger partial charge is 0.261 e. The summed E-state index contributed by atoms with van der Waals surface area (Å²) in [6.45, 7) is 0. The summed E-state index contributed by atoms with van der Waals surface area (Å²) in [6, 6.07) is 6.63. The lowest BCUT2D eigenvalue weighted by Crippen LogP contribution is -2.19. The Morgan fingerprint density at radius 2 is 2.19 bits per heavy atom. The number of hydrogen-bond donors (Lipinski definition) is 1. The number of carbonyl (C=O) groups excluding carboxylic acids is 1. The molecule has 0 heterocycles. The Bertz CT molecular complexity index is 489. The Morgan fingerprint density at radius 3 is 2.69 bits per heavy atom. The van der Waals surface area contributed by atoms with Crippen LogP contribution in [-0.2, 0) is 4.79 Å². The van der Waals surface area contributed by atoms with Crippen LogP contribution in [0.4, 0.5) is 0 Å². The lowest BCUT2D eigenvalue weighted by molar-refractivity contribution is -0.116. The van der Waals surface area contributed by atoms with Crippen molar-refractivity contribution in [3.63, 3.8) is 0 Å². The predicted molar refractivity (Wildman–Crippen MR) is 64.1 cm³/mol. The van der Waals surface area contributed by atoms with Crippen LogP contribution in [0.5, 0.6) is 0 Å². The van der Waals surface area contributed by atoms with Gasteiger partial charge in [-0.1, -0.05) is 29.3 Å². The number of nitrogens with one attached hydrogen (secondary N) is 1. The van der Waals surface area contributed by atoms with Gasteiger partial charge in [-0.05, 0) is 23.8 Å². The minimum Gasteiger partial charge on any atom is -0.354 e. The fraction of sp³-hybridized carbons (Fsp3) is 0.0909. The average molecular weight is 255 g/mol. The van der Waals surface area contributed by atoms with Crippen molar-refractivity contribution in [3.8, 4) is 6.07 Å².